The van der Waals surface area contributed by atoms with Crippen molar-refractivity contribution < 1.29 is 9.90 Å². The Balaban J connectivity index is 2.26. The normalized spacial score (nSPS) is 12.5. The maximum Gasteiger partial charge on any atom is 0.304 e. The Hall–Kier alpha value is -1.62. The van der Waals surface area contributed by atoms with Crippen LogP contribution in [0, 0.1) is 0 Å². The maximum atomic E-state index is 10.6. The van der Waals surface area contributed by atoms with Crippen LogP contribution in [0.5, 0.6) is 0 Å². The van der Waals surface area contributed by atoms with Gasteiger partial charge in [-0.05, 0) is 0 Å². The predicted octanol–water partition coefficient (Wildman–Crippen LogP) is 2.59. The monoisotopic (exact) mass is 248 g/mol. The van der Waals surface area contributed by atoms with Gasteiger partial charge in [0.25, 0.3) is 0 Å². The Morgan fingerprint density at radius 3 is 3.00 bits per heavy atom. The predicted molar refractivity (Wildman–Crippen MR) is 67.1 cm³/mol. The number of rotatable bonds is 4. The number of hydrogen-bond donors (Lipinski definition) is 1. The Labute approximate surface area is 103 Å². The zero-order chi connectivity index (χ0) is 12.3. The van der Waals surface area contributed by atoms with Crippen molar-refractivity contribution in [3.05, 3.63) is 30.5 Å². The summed E-state index contributed by atoms with van der Waals surface area (Å²) >= 11 is 1.45. The zero-order valence-electron chi connectivity index (χ0n) is 9.33. The number of hydrogen-bond acceptors (Lipinski definition) is 4. The summed E-state index contributed by atoms with van der Waals surface area (Å²) in [6.07, 6.45) is 1.83. The van der Waals surface area contributed by atoms with Crippen LogP contribution in [0.15, 0.2) is 35.5 Å². The van der Waals surface area contributed by atoms with Crippen molar-refractivity contribution in [2.24, 2.45) is 0 Å². The van der Waals surface area contributed by atoms with Gasteiger partial charge in [0.15, 0.2) is 0 Å². The van der Waals surface area contributed by atoms with Crippen LogP contribution in [-0.2, 0) is 4.79 Å². The van der Waals surface area contributed by atoms with Crippen molar-refractivity contribution >= 4 is 28.5 Å². The summed E-state index contributed by atoms with van der Waals surface area (Å²) < 4.78 is 0. The SMILES string of the molecule is CC(CC(=O)O)Sc1nncc2ccccc12. The van der Waals surface area contributed by atoms with E-state index in [9.17, 15) is 4.79 Å². The molecule has 0 radical (unpaired) electrons. The summed E-state index contributed by atoms with van der Waals surface area (Å²) in [7, 11) is 0. The number of aromatic nitrogens is 2. The average molecular weight is 248 g/mol. The first kappa shape index (κ1) is 11.9. The van der Waals surface area contributed by atoms with Gasteiger partial charge in [0, 0.05) is 16.0 Å². The van der Waals surface area contributed by atoms with Crippen LogP contribution in [-0.4, -0.2) is 26.5 Å². The first-order valence-corrected chi connectivity index (χ1v) is 6.13. The van der Waals surface area contributed by atoms with Gasteiger partial charge in [-0.25, -0.2) is 0 Å². The van der Waals surface area contributed by atoms with Crippen LogP contribution in [0.4, 0.5) is 0 Å². The topological polar surface area (TPSA) is 63.1 Å². The lowest BCUT2D eigenvalue weighted by molar-refractivity contribution is -0.136. The van der Waals surface area contributed by atoms with Crippen molar-refractivity contribution in [3.8, 4) is 0 Å². The van der Waals surface area contributed by atoms with Crippen LogP contribution >= 0.6 is 11.8 Å². The number of thioether (sulfide) groups is 1. The number of fused-ring (bicyclic) bond motifs is 1. The van der Waals surface area contributed by atoms with Gasteiger partial charge in [0.2, 0.25) is 0 Å². The van der Waals surface area contributed by atoms with Gasteiger partial charge in [0.05, 0.1) is 12.6 Å². The number of aliphatic carboxylic acids is 1. The molecule has 1 heterocycles. The summed E-state index contributed by atoms with van der Waals surface area (Å²) in [4.78, 5) is 10.6. The van der Waals surface area contributed by atoms with E-state index in [4.69, 9.17) is 5.11 Å². The third kappa shape index (κ3) is 2.94. The lowest BCUT2D eigenvalue weighted by atomic mass is 10.2. The third-order valence-electron chi connectivity index (χ3n) is 2.31. The van der Waals surface area contributed by atoms with Gasteiger partial charge in [-0.1, -0.05) is 31.2 Å². The zero-order valence-corrected chi connectivity index (χ0v) is 10.1. The molecule has 2 aromatic rings. The summed E-state index contributed by atoms with van der Waals surface area (Å²) in [6.45, 7) is 1.88. The van der Waals surface area contributed by atoms with Gasteiger partial charge in [-0.3, -0.25) is 4.79 Å². The molecule has 2 rings (SSSR count). The Morgan fingerprint density at radius 1 is 1.47 bits per heavy atom. The van der Waals surface area contributed by atoms with Crippen molar-refractivity contribution in [3.63, 3.8) is 0 Å². The molecule has 0 saturated heterocycles. The Morgan fingerprint density at radius 2 is 2.24 bits per heavy atom. The van der Waals surface area contributed by atoms with Gasteiger partial charge in [-0.2, -0.15) is 5.10 Å². The highest BCUT2D eigenvalue weighted by Crippen LogP contribution is 2.29. The molecular formula is C12H12N2O2S. The molecule has 5 heteroatoms. The van der Waals surface area contributed by atoms with E-state index in [2.05, 4.69) is 10.2 Å². The fourth-order valence-electron chi connectivity index (χ4n) is 1.57. The largest absolute Gasteiger partial charge is 0.481 e. The fraction of sp³-hybridized carbons (Fsp3) is 0.250. The molecule has 0 aliphatic carbocycles. The molecular weight excluding hydrogens is 236 g/mol. The van der Waals surface area contributed by atoms with E-state index in [1.807, 2.05) is 31.2 Å². The summed E-state index contributed by atoms with van der Waals surface area (Å²) in [5, 5.41) is 19.5. The molecule has 1 aromatic carbocycles. The van der Waals surface area contributed by atoms with Crippen LogP contribution in [0.2, 0.25) is 0 Å². The van der Waals surface area contributed by atoms with Gasteiger partial charge < -0.3 is 5.11 Å². The highest BCUT2D eigenvalue weighted by atomic mass is 32.2. The molecule has 1 atom stereocenters. The molecule has 1 aromatic heterocycles. The van der Waals surface area contributed by atoms with E-state index in [-0.39, 0.29) is 11.7 Å². The highest BCUT2D eigenvalue weighted by Gasteiger charge is 2.12. The van der Waals surface area contributed by atoms with Crippen LogP contribution in [0.3, 0.4) is 0 Å². The van der Waals surface area contributed by atoms with Crippen LogP contribution < -0.4 is 0 Å². The molecule has 4 nitrogen and oxygen atoms in total. The molecule has 0 saturated carbocycles. The second-order valence-electron chi connectivity index (χ2n) is 3.76. The average Bonchev–Trinajstić information content (AvgIpc) is 2.28. The van der Waals surface area contributed by atoms with Crippen molar-refractivity contribution in [1.82, 2.24) is 10.2 Å². The van der Waals surface area contributed by atoms with E-state index < -0.39 is 5.97 Å². The Kier molecular flexibility index (Phi) is 3.58. The first-order valence-electron chi connectivity index (χ1n) is 5.25. The van der Waals surface area contributed by atoms with Crippen LogP contribution in [0.25, 0.3) is 10.8 Å². The molecule has 1 N–H and O–H groups in total. The van der Waals surface area contributed by atoms with Gasteiger partial charge >= 0.3 is 5.97 Å². The van der Waals surface area contributed by atoms with Gasteiger partial charge in [0.1, 0.15) is 5.03 Å². The molecule has 88 valence electrons. The number of carboxylic acids is 1. The molecule has 0 fully saturated rings. The third-order valence-corrected chi connectivity index (χ3v) is 3.41. The second-order valence-corrected chi connectivity index (χ2v) is 5.19. The quantitative estimate of drug-likeness (QED) is 0.842. The second kappa shape index (κ2) is 5.14. The van der Waals surface area contributed by atoms with Gasteiger partial charge in [-0.15, -0.1) is 16.9 Å². The standard InChI is InChI=1S/C12H12N2O2S/c1-8(6-11(15)16)17-12-10-5-3-2-4-9(10)7-13-14-12/h2-5,7-8H,6H2,1H3,(H,15,16). The summed E-state index contributed by atoms with van der Waals surface area (Å²) in [6, 6.07) is 7.82. The lowest BCUT2D eigenvalue weighted by Crippen LogP contribution is -2.06. The maximum absolute atomic E-state index is 10.6. The molecule has 0 spiro atoms. The minimum absolute atomic E-state index is 0.0207. The highest BCUT2D eigenvalue weighted by molar-refractivity contribution is 8.00. The number of benzene rings is 1. The van der Waals surface area contributed by atoms with Crippen molar-refractivity contribution in [2.75, 3.05) is 0 Å². The number of carboxylic acid groups (broad SMARTS) is 1. The molecule has 0 bridgehead atoms. The van der Waals surface area contributed by atoms with E-state index in [0.717, 1.165) is 15.8 Å². The molecule has 0 aliphatic heterocycles. The minimum atomic E-state index is -0.793. The smallest absolute Gasteiger partial charge is 0.304 e. The van der Waals surface area contributed by atoms with Crippen molar-refractivity contribution in [1.29, 1.82) is 0 Å². The molecule has 17 heavy (non-hydrogen) atoms. The lowest BCUT2D eigenvalue weighted by Gasteiger charge is -2.08. The van der Waals surface area contributed by atoms with E-state index >= 15 is 0 Å². The van der Waals surface area contributed by atoms with Crippen molar-refractivity contribution in [2.45, 2.75) is 23.6 Å². The van der Waals surface area contributed by atoms with E-state index in [1.54, 1.807) is 6.20 Å². The van der Waals surface area contributed by atoms with Crippen LogP contribution in [0.1, 0.15) is 13.3 Å². The molecule has 0 amide bonds. The van der Waals surface area contributed by atoms with E-state index in [1.165, 1.54) is 11.8 Å². The molecule has 1 unspecified atom stereocenters. The Bertz CT molecular complexity index is 540. The number of carbonyl (C=O) groups is 1. The summed E-state index contributed by atoms with van der Waals surface area (Å²) in [5.74, 6) is -0.793. The minimum Gasteiger partial charge on any atom is -0.481 e. The fourth-order valence-corrected chi connectivity index (χ4v) is 2.58. The van der Waals surface area contributed by atoms with E-state index in [0.29, 0.717) is 0 Å². The first-order chi connectivity index (χ1) is 8.16. The summed E-state index contributed by atoms with van der Waals surface area (Å²) in [5.41, 5.74) is 0. The molecule has 0 aliphatic rings. The number of nitrogens with zero attached hydrogens (tertiary/aromatic N) is 2.